The molecule has 2 aromatic rings. The molecular weight excluding hydrogens is 445 g/mol. The number of benzene rings is 1. The summed E-state index contributed by atoms with van der Waals surface area (Å²) in [6.45, 7) is 0.570. The Morgan fingerprint density at radius 2 is 2.23 bits per heavy atom. The van der Waals surface area contributed by atoms with Crippen LogP contribution in [-0.4, -0.2) is 39.7 Å². The van der Waals surface area contributed by atoms with Crippen LogP contribution in [0.15, 0.2) is 27.7 Å². The fourth-order valence-corrected chi connectivity index (χ4v) is 3.67. The summed E-state index contributed by atoms with van der Waals surface area (Å²) in [4.78, 5) is 40.3. The molecule has 0 amide bonds. The van der Waals surface area contributed by atoms with E-state index in [2.05, 4.69) is 26.2 Å². The van der Waals surface area contributed by atoms with Gasteiger partial charge in [0, 0.05) is 10.9 Å². The average molecular weight is 461 g/mol. The van der Waals surface area contributed by atoms with E-state index in [0.29, 0.717) is 33.4 Å². The third kappa shape index (κ3) is 4.31. The number of nitrogens with one attached hydrogen (secondary N) is 1. The Kier molecular flexibility index (Phi) is 6.07. The first-order valence-corrected chi connectivity index (χ1v) is 9.65. The minimum Gasteiger partial charge on any atom is -0.458 e. The first kappa shape index (κ1) is 19.4. The van der Waals surface area contributed by atoms with E-state index in [4.69, 9.17) is 16.3 Å². The second-order valence-electron chi connectivity index (χ2n) is 6.03. The Morgan fingerprint density at radius 1 is 1.46 bits per heavy atom. The Hall–Kier alpha value is -1.34. The maximum absolute atomic E-state index is 12.6. The van der Waals surface area contributed by atoms with Crippen molar-refractivity contribution in [1.29, 1.82) is 0 Å². The number of halogens is 2. The molecule has 1 aromatic heterocycles. The second kappa shape index (κ2) is 8.13. The van der Waals surface area contributed by atoms with Crippen LogP contribution >= 0.6 is 36.8 Å². The SMILES string of the molecule is O=C(CC1NCCC1OC(=O)P)Cn1cnc2cc(Br)c(Cl)cc2c1=O. The van der Waals surface area contributed by atoms with Gasteiger partial charge in [0.25, 0.3) is 5.56 Å². The van der Waals surface area contributed by atoms with E-state index >= 15 is 0 Å². The van der Waals surface area contributed by atoms with Crippen molar-refractivity contribution >= 4 is 59.2 Å². The lowest BCUT2D eigenvalue weighted by Crippen LogP contribution is -2.36. The quantitative estimate of drug-likeness (QED) is 0.690. The molecule has 0 spiro atoms. The van der Waals surface area contributed by atoms with E-state index in [9.17, 15) is 14.4 Å². The number of nitrogens with zero attached hydrogens (tertiary/aromatic N) is 2. The number of Topliss-reactive ketones (excluding diaryl/α,β-unsaturated/α-hetero) is 1. The summed E-state index contributed by atoms with van der Waals surface area (Å²) in [5, 5.41) is 3.90. The number of rotatable bonds is 5. The van der Waals surface area contributed by atoms with Gasteiger partial charge in [0.15, 0.2) is 5.78 Å². The number of ether oxygens (including phenoxy) is 1. The van der Waals surface area contributed by atoms with Gasteiger partial charge in [0.2, 0.25) is 0 Å². The van der Waals surface area contributed by atoms with Crippen LogP contribution in [0.5, 0.6) is 0 Å². The molecule has 1 N–H and O–H groups in total. The highest BCUT2D eigenvalue weighted by Crippen LogP contribution is 2.25. The summed E-state index contributed by atoms with van der Waals surface area (Å²) in [6, 6.07) is 2.95. The van der Waals surface area contributed by atoms with E-state index in [1.165, 1.54) is 17.0 Å². The van der Waals surface area contributed by atoms with Crippen molar-refractivity contribution in [3.63, 3.8) is 0 Å². The Balaban J connectivity index is 1.75. The third-order valence-corrected chi connectivity index (χ3v) is 5.55. The molecule has 3 atom stereocenters. The van der Waals surface area contributed by atoms with Gasteiger partial charge in [-0.2, -0.15) is 0 Å². The van der Waals surface area contributed by atoms with E-state index in [-0.39, 0.29) is 36.5 Å². The molecule has 1 aliphatic heterocycles. The first-order valence-electron chi connectivity index (χ1n) is 7.90. The maximum Gasteiger partial charge on any atom is 0.320 e. The summed E-state index contributed by atoms with van der Waals surface area (Å²) >= 11 is 9.34. The van der Waals surface area contributed by atoms with Crippen LogP contribution in [0.2, 0.25) is 5.02 Å². The smallest absolute Gasteiger partial charge is 0.320 e. The van der Waals surface area contributed by atoms with E-state index in [0.717, 1.165) is 0 Å². The molecule has 2 heterocycles. The second-order valence-corrected chi connectivity index (χ2v) is 7.76. The molecule has 3 unspecified atom stereocenters. The van der Waals surface area contributed by atoms with Gasteiger partial charge < -0.3 is 10.1 Å². The van der Waals surface area contributed by atoms with Gasteiger partial charge in [-0.3, -0.25) is 14.2 Å². The first-order chi connectivity index (χ1) is 12.3. The monoisotopic (exact) mass is 459 g/mol. The molecular formula is C16H16BrClN3O4P. The number of hydrogen-bond acceptors (Lipinski definition) is 6. The molecule has 0 aliphatic carbocycles. The number of fused-ring (bicyclic) bond motifs is 1. The number of carbonyl (C=O) groups excluding carboxylic acids is 2. The highest BCUT2D eigenvalue weighted by atomic mass is 79.9. The van der Waals surface area contributed by atoms with Gasteiger partial charge in [-0.25, -0.2) is 9.78 Å². The molecule has 0 bridgehead atoms. The zero-order chi connectivity index (χ0) is 18.8. The fourth-order valence-electron chi connectivity index (χ4n) is 3.00. The molecule has 1 aromatic carbocycles. The lowest BCUT2D eigenvalue weighted by molar-refractivity contribution is -0.120. The van der Waals surface area contributed by atoms with Crippen LogP contribution in [0.1, 0.15) is 12.8 Å². The molecule has 0 radical (unpaired) electrons. The van der Waals surface area contributed by atoms with Gasteiger partial charge in [-0.05, 0) is 50.3 Å². The van der Waals surface area contributed by atoms with Crippen molar-refractivity contribution in [1.82, 2.24) is 14.9 Å². The summed E-state index contributed by atoms with van der Waals surface area (Å²) in [6.07, 6.45) is 1.83. The normalized spacial score (nSPS) is 19.7. The molecule has 1 fully saturated rings. The van der Waals surface area contributed by atoms with Crippen molar-refractivity contribution in [3.8, 4) is 0 Å². The van der Waals surface area contributed by atoms with Gasteiger partial charge in [0.1, 0.15) is 6.10 Å². The Morgan fingerprint density at radius 3 is 2.96 bits per heavy atom. The highest BCUT2D eigenvalue weighted by molar-refractivity contribution is 9.10. The minimum absolute atomic E-state index is 0.102. The number of hydrogen-bond donors (Lipinski definition) is 1. The predicted molar refractivity (Wildman–Crippen MR) is 105 cm³/mol. The summed E-state index contributed by atoms with van der Waals surface area (Å²) in [7, 11) is 1.96. The molecule has 10 heteroatoms. The summed E-state index contributed by atoms with van der Waals surface area (Å²) in [5.41, 5.74) is -0.279. The zero-order valence-corrected chi connectivity index (χ0v) is 17.1. The largest absolute Gasteiger partial charge is 0.458 e. The average Bonchev–Trinajstić information content (AvgIpc) is 2.98. The van der Waals surface area contributed by atoms with Gasteiger partial charge in [0.05, 0.1) is 34.8 Å². The van der Waals surface area contributed by atoms with Crippen LogP contribution in [0.25, 0.3) is 10.9 Å². The summed E-state index contributed by atoms with van der Waals surface area (Å²) < 4.78 is 7.10. The van der Waals surface area contributed by atoms with Crippen molar-refractivity contribution < 1.29 is 14.3 Å². The molecule has 26 heavy (non-hydrogen) atoms. The van der Waals surface area contributed by atoms with Crippen LogP contribution in [0.3, 0.4) is 0 Å². The Labute approximate surface area is 164 Å². The van der Waals surface area contributed by atoms with E-state index in [1.807, 2.05) is 9.24 Å². The third-order valence-electron chi connectivity index (χ3n) is 4.21. The van der Waals surface area contributed by atoms with E-state index in [1.54, 1.807) is 6.07 Å². The predicted octanol–water partition coefficient (Wildman–Crippen LogP) is 2.51. The topological polar surface area (TPSA) is 90.3 Å². The highest BCUT2D eigenvalue weighted by Gasteiger charge is 2.31. The molecule has 1 aliphatic rings. The van der Waals surface area contributed by atoms with Crippen molar-refractivity contribution in [2.75, 3.05) is 6.54 Å². The van der Waals surface area contributed by atoms with Crippen LogP contribution in [-0.2, 0) is 16.1 Å². The fraction of sp³-hybridized carbons (Fsp3) is 0.375. The van der Waals surface area contributed by atoms with Crippen LogP contribution < -0.4 is 10.9 Å². The number of aromatic nitrogens is 2. The standard InChI is InChI=1S/C16H16BrClN3O4P/c17-10-5-12-9(4-11(10)18)15(23)21(7-20-12)6-8(22)3-13-14(1-2-19-13)25-16(24)26/h4-5,7,13-14,19H,1-3,6,26H2. The van der Waals surface area contributed by atoms with Gasteiger partial charge in [-0.1, -0.05) is 11.6 Å². The van der Waals surface area contributed by atoms with Gasteiger partial charge in [-0.15, -0.1) is 0 Å². The molecule has 3 rings (SSSR count). The molecule has 1 saturated heterocycles. The van der Waals surface area contributed by atoms with Crippen molar-refractivity contribution in [2.24, 2.45) is 0 Å². The maximum atomic E-state index is 12.6. The lowest BCUT2D eigenvalue weighted by Gasteiger charge is -2.18. The number of ketones is 1. The molecule has 7 nitrogen and oxygen atoms in total. The summed E-state index contributed by atoms with van der Waals surface area (Å²) in [5.74, 6) is -0.152. The van der Waals surface area contributed by atoms with E-state index < -0.39 is 5.71 Å². The molecule has 0 saturated carbocycles. The zero-order valence-electron chi connectivity index (χ0n) is 13.6. The van der Waals surface area contributed by atoms with Crippen molar-refractivity contribution in [3.05, 3.63) is 38.3 Å². The molecule has 138 valence electrons. The number of carbonyl (C=O) groups is 2. The Bertz CT molecular complexity index is 936. The minimum atomic E-state index is -0.450. The lowest BCUT2D eigenvalue weighted by atomic mass is 10.1. The van der Waals surface area contributed by atoms with Crippen LogP contribution in [0, 0.1) is 0 Å². The van der Waals surface area contributed by atoms with Crippen LogP contribution in [0.4, 0.5) is 4.79 Å². The van der Waals surface area contributed by atoms with Crippen molar-refractivity contribution in [2.45, 2.75) is 31.5 Å². The van der Waals surface area contributed by atoms with Gasteiger partial charge >= 0.3 is 5.71 Å².